The van der Waals surface area contributed by atoms with Crippen molar-refractivity contribution >= 4 is 29.9 Å². The lowest BCUT2D eigenvalue weighted by Gasteiger charge is -2.36. The van der Waals surface area contributed by atoms with Gasteiger partial charge < -0.3 is 19.7 Å². The Morgan fingerprint density at radius 2 is 1.82 bits per heavy atom. The van der Waals surface area contributed by atoms with E-state index in [9.17, 15) is 22.4 Å². The first-order valence-corrected chi connectivity index (χ1v) is 12.8. The van der Waals surface area contributed by atoms with Crippen LogP contribution in [0.3, 0.4) is 0 Å². The molecule has 5 rings (SSSR count). The van der Waals surface area contributed by atoms with Gasteiger partial charge >= 0.3 is 6.18 Å². The number of imidazole rings is 1. The second-order valence-corrected chi connectivity index (χ2v) is 11.0. The Morgan fingerprint density at radius 3 is 2.48 bits per heavy atom. The highest BCUT2D eigenvalue weighted by atomic mass is 35.5. The number of rotatable bonds is 6. The summed E-state index contributed by atoms with van der Waals surface area (Å²) >= 11 is 0. The molecule has 0 aliphatic carbocycles. The highest BCUT2D eigenvalue weighted by molar-refractivity contribution is 5.99. The van der Waals surface area contributed by atoms with Gasteiger partial charge in [-0.25, -0.2) is 19.3 Å². The normalized spacial score (nSPS) is 16.2. The number of halogens is 5. The van der Waals surface area contributed by atoms with Crippen LogP contribution < -0.4 is 10.2 Å². The van der Waals surface area contributed by atoms with Gasteiger partial charge in [-0.15, -0.1) is 12.4 Å². The van der Waals surface area contributed by atoms with Crippen LogP contribution >= 0.6 is 12.4 Å². The molecule has 3 aromatic rings. The average molecular weight is 582 g/mol. The predicted octanol–water partition coefficient (Wildman–Crippen LogP) is 5.14. The quantitative estimate of drug-likeness (QED) is 0.406. The van der Waals surface area contributed by atoms with Crippen LogP contribution in [0, 0.1) is 5.82 Å². The van der Waals surface area contributed by atoms with Crippen LogP contribution in [-0.4, -0.2) is 63.0 Å². The zero-order valence-corrected chi connectivity index (χ0v) is 23.5. The van der Waals surface area contributed by atoms with E-state index in [1.54, 1.807) is 6.20 Å². The lowest BCUT2D eigenvalue weighted by Crippen LogP contribution is -2.42. The number of alkyl halides is 3. The molecule has 0 atom stereocenters. The number of piperidine rings is 1. The molecular formula is C27H32ClF4N7O. The third-order valence-corrected chi connectivity index (χ3v) is 7.82. The van der Waals surface area contributed by atoms with Crippen LogP contribution in [0.15, 0.2) is 30.7 Å². The molecule has 1 amide bonds. The van der Waals surface area contributed by atoms with Gasteiger partial charge in [-0.3, -0.25) is 4.79 Å². The minimum Gasteiger partial charge on any atom is -0.356 e. The summed E-state index contributed by atoms with van der Waals surface area (Å²) in [6.45, 7) is 6.10. The molecule has 0 unspecified atom stereocenters. The Morgan fingerprint density at radius 1 is 1.12 bits per heavy atom. The number of amides is 1. The Kier molecular flexibility index (Phi) is 8.15. The first-order chi connectivity index (χ1) is 18.3. The fourth-order valence-corrected chi connectivity index (χ4v) is 5.11. The lowest BCUT2D eigenvalue weighted by molar-refractivity contribution is -0.140. The zero-order valence-electron chi connectivity index (χ0n) is 22.7. The molecule has 1 fully saturated rings. The summed E-state index contributed by atoms with van der Waals surface area (Å²) in [5, 5.41) is 2.76. The number of hydrogen-bond donors (Lipinski definition) is 1. The van der Waals surface area contributed by atoms with Gasteiger partial charge in [0.05, 0.1) is 17.7 Å². The highest BCUT2D eigenvalue weighted by Crippen LogP contribution is 2.37. The summed E-state index contributed by atoms with van der Waals surface area (Å²) in [4.78, 5) is 29.6. The second-order valence-electron chi connectivity index (χ2n) is 11.0. The molecule has 0 saturated carbocycles. The van der Waals surface area contributed by atoms with Crippen LogP contribution in [0.5, 0.6) is 0 Å². The maximum Gasteiger partial charge on any atom is 0.419 e. The van der Waals surface area contributed by atoms with Crippen LogP contribution in [0.2, 0.25) is 0 Å². The minimum absolute atomic E-state index is 0. The molecule has 216 valence electrons. The number of benzene rings is 1. The van der Waals surface area contributed by atoms with E-state index in [0.717, 1.165) is 42.2 Å². The van der Waals surface area contributed by atoms with Gasteiger partial charge in [0.2, 0.25) is 5.91 Å². The van der Waals surface area contributed by atoms with E-state index in [-0.39, 0.29) is 41.8 Å². The number of anilines is 2. The van der Waals surface area contributed by atoms with Crippen LogP contribution in [0.4, 0.5) is 29.2 Å². The molecule has 4 heterocycles. The van der Waals surface area contributed by atoms with E-state index < -0.39 is 17.6 Å². The van der Waals surface area contributed by atoms with Crippen molar-refractivity contribution in [2.45, 2.75) is 57.3 Å². The van der Waals surface area contributed by atoms with Gasteiger partial charge in [0, 0.05) is 48.4 Å². The van der Waals surface area contributed by atoms with Crippen LogP contribution in [-0.2, 0) is 23.9 Å². The number of likely N-dealkylation sites (N-methyl/N-ethyl adjacent to an activating group) is 1. The van der Waals surface area contributed by atoms with Crippen molar-refractivity contribution in [3.63, 3.8) is 0 Å². The van der Waals surface area contributed by atoms with Crippen molar-refractivity contribution in [1.82, 2.24) is 24.4 Å². The fourth-order valence-electron chi connectivity index (χ4n) is 5.11. The molecule has 0 bridgehead atoms. The highest BCUT2D eigenvalue weighted by Gasteiger charge is 2.35. The van der Waals surface area contributed by atoms with Gasteiger partial charge in [0.1, 0.15) is 29.6 Å². The Labute approximate surface area is 236 Å². The van der Waals surface area contributed by atoms with Gasteiger partial charge in [-0.05, 0) is 59.0 Å². The Hall–Kier alpha value is -3.25. The number of carbonyl (C=O) groups is 1. The van der Waals surface area contributed by atoms with Gasteiger partial charge in [-0.2, -0.15) is 13.2 Å². The first-order valence-electron chi connectivity index (χ1n) is 12.8. The number of hydrogen-bond acceptors (Lipinski definition) is 6. The molecule has 2 aliphatic rings. The summed E-state index contributed by atoms with van der Waals surface area (Å²) in [7, 11) is 3.96. The SMILES string of the molecule is CN(C)C(C)(C)Cn1cc(-c2ccc(F)c(C(F)(F)F)c2)nc1C1CCN(c2ncnc3c2CC(=O)N3)CC1.Cl. The van der Waals surface area contributed by atoms with Crippen molar-refractivity contribution in [1.29, 1.82) is 0 Å². The summed E-state index contributed by atoms with van der Waals surface area (Å²) < 4.78 is 56.2. The average Bonchev–Trinajstić information content (AvgIpc) is 3.46. The van der Waals surface area contributed by atoms with Gasteiger partial charge in [0.25, 0.3) is 0 Å². The van der Waals surface area contributed by atoms with Gasteiger partial charge in [0.15, 0.2) is 0 Å². The maximum absolute atomic E-state index is 14.0. The van der Waals surface area contributed by atoms with E-state index in [1.807, 2.05) is 18.7 Å². The number of carbonyl (C=O) groups excluding carboxylic acids is 1. The molecule has 1 N–H and O–H groups in total. The van der Waals surface area contributed by atoms with E-state index in [0.29, 0.717) is 31.1 Å². The van der Waals surface area contributed by atoms with E-state index in [4.69, 9.17) is 4.98 Å². The zero-order chi connectivity index (χ0) is 28.1. The van der Waals surface area contributed by atoms with Crippen molar-refractivity contribution < 1.29 is 22.4 Å². The summed E-state index contributed by atoms with van der Waals surface area (Å²) in [6, 6.07) is 3.01. The standard InChI is InChI=1S/C27H31F4N7O.ClH/c1-26(2,36(3)4)14-38-13-21(17-5-6-20(28)19(11-17)27(29,30)31)34-24(38)16-7-9-37(10-8-16)25-18-12-22(39)35-23(18)32-15-33-25;/h5-6,11,13,15-16H,7-10,12,14H2,1-4H3,(H,32,33,35,39);1H. The smallest absolute Gasteiger partial charge is 0.356 e. The summed E-state index contributed by atoms with van der Waals surface area (Å²) in [6.07, 6.45) is 0.163. The van der Waals surface area contributed by atoms with Crippen LogP contribution in [0.1, 0.15) is 49.6 Å². The third kappa shape index (κ3) is 5.78. The van der Waals surface area contributed by atoms with Gasteiger partial charge in [-0.1, -0.05) is 0 Å². The van der Waals surface area contributed by atoms with E-state index >= 15 is 0 Å². The lowest BCUT2D eigenvalue weighted by atomic mass is 9.95. The third-order valence-electron chi connectivity index (χ3n) is 7.82. The van der Waals surface area contributed by atoms with Crippen molar-refractivity contribution in [2.75, 3.05) is 37.4 Å². The molecule has 0 radical (unpaired) electrons. The molecule has 2 aromatic heterocycles. The monoisotopic (exact) mass is 581 g/mol. The minimum atomic E-state index is -4.80. The number of nitrogens with zero attached hydrogens (tertiary/aromatic N) is 6. The molecule has 40 heavy (non-hydrogen) atoms. The molecular weight excluding hydrogens is 550 g/mol. The predicted molar refractivity (Wildman–Crippen MR) is 146 cm³/mol. The van der Waals surface area contributed by atoms with Crippen molar-refractivity contribution in [3.05, 3.63) is 53.5 Å². The summed E-state index contributed by atoms with van der Waals surface area (Å²) in [5.74, 6) is 0.748. The maximum atomic E-state index is 14.0. The van der Waals surface area contributed by atoms with E-state index in [2.05, 4.69) is 38.9 Å². The molecule has 2 aliphatic heterocycles. The largest absolute Gasteiger partial charge is 0.419 e. The van der Waals surface area contributed by atoms with Crippen molar-refractivity contribution in [2.24, 2.45) is 0 Å². The topological polar surface area (TPSA) is 79.2 Å². The number of aromatic nitrogens is 4. The molecule has 8 nitrogen and oxygen atoms in total. The summed E-state index contributed by atoms with van der Waals surface area (Å²) in [5.41, 5.74) is -0.158. The number of fused-ring (bicyclic) bond motifs is 1. The van der Waals surface area contributed by atoms with E-state index in [1.165, 1.54) is 12.4 Å². The fraction of sp³-hybridized carbons (Fsp3) is 0.481. The number of nitrogens with one attached hydrogen (secondary N) is 1. The molecule has 13 heteroatoms. The molecule has 1 aromatic carbocycles. The molecule has 0 spiro atoms. The van der Waals surface area contributed by atoms with Crippen LogP contribution in [0.25, 0.3) is 11.3 Å². The Balaban J connectivity index is 0.00000370. The Bertz CT molecular complexity index is 1400. The molecule has 1 saturated heterocycles. The van der Waals surface area contributed by atoms with Crippen molar-refractivity contribution in [3.8, 4) is 11.3 Å². The first kappa shape index (κ1) is 29.7. The second kappa shape index (κ2) is 11.0.